The number of benzene rings is 2. The zero-order chi connectivity index (χ0) is 25.8. The highest BCUT2D eigenvalue weighted by Crippen LogP contribution is 2.43. The van der Waals surface area contributed by atoms with Gasteiger partial charge in [-0.05, 0) is 42.0 Å². The van der Waals surface area contributed by atoms with Crippen LogP contribution in [0.2, 0.25) is 0 Å². The van der Waals surface area contributed by atoms with Crippen LogP contribution in [-0.4, -0.2) is 54.2 Å². The molecule has 3 heterocycles. The number of halogens is 2. The van der Waals surface area contributed by atoms with Gasteiger partial charge in [0.05, 0.1) is 19.3 Å². The van der Waals surface area contributed by atoms with Crippen LogP contribution in [0.4, 0.5) is 10.1 Å². The number of nitrogens with zero attached hydrogens (tertiary/aromatic N) is 3. The minimum Gasteiger partial charge on any atom is -0.491 e. The van der Waals surface area contributed by atoms with Crippen molar-refractivity contribution in [1.82, 2.24) is 15.2 Å². The highest BCUT2D eigenvalue weighted by Gasteiger charge is 2.33. The fraction of sp³-hybridized carbons (Fsp3) is 0.185. The van der Waals surface area contributed by atoms with Crippen molar-refractivity contribution in [2.24, 2.45) is 4.99 Å². The van der Waals surface area contributed by atoms with Crippen LogP contribution in [-0.2, 0) is 11.3 Å². The lowest BCUT2D eigenvalue weighted by molar-refractivity contribution is -0.123. The van der Waals surface area contributed by atoms with Crippen molar-refractivity contribution >= 4 is 35.6 Å². The number of aliphatic imine (C=N–C) groups is 1. The number of carbonyl (C=O) groups excluding carboxylic acids is 2. The molecule has 0 bridgehead atoms. The van der Waals surface area contributed by atoms with Gasteiger partial charge in [-0.3, -0.25) is 19.6 Å². The standard InChI is InChI=1S/C27H24FN5O4.ClH/c1-36-26-22(37-16-24(35)31-14-17-4-6-19(28)7-5-17)9-8-20-25(26)32-23(33-12-11-30-27(20)33)13-21(34)18-3-2-10-29-15-18;/h2-10,13,15,32H,11-12,14,16H2,1H3,(H,31,35);1H. The number of hydrogen-bond donors (Lipinski definition) is 2. The summed E-state index contributed by atoms with van der Waals surface area (Å²) in [6, 6.07) is 12.9. The molecule has 2 aromatic carbocycles. The van der Waals surface area contributed by atoms with Gasteiger partial charge in [-0.25, -0.2) is 4.39 Å². The molecule has 0 saturated carbocycles. The Morgan fingerprint density at radius 1 is 1.18 bits per heavy atom. The fourth-order valence-corrected chi connectivity index (χ4v) is 4.13. The molecule has 0 radical (unpaired) electrons. The molecule has 0 saturated heterocycles. The molecular weight excluding hydrogens is 513 g/mol. The number of amidine groups is 1. The van der Waals surface area contributed by atoms with Crippen molar-refractivity contribution in [3.05, 3.63) is 95.3 Å². The first-order chi connectivity index (χ1) is 18.0. The number of amides is 1. The van der Waals surface area contributed by atoms with E-state index in [2.05, 4.69) is 20.6 Å². The van der Waals surface area contributed by atoms with E-state index >= 15 is 0 Å². The van der Waals surface area contributed by atoms with Gasteiger partial charge >= 0.3 is 0 Å². The Kier molecular flexibility index (Phi) is 8.22. The van der Waals surface area contributed by atoms with Gasteiger partial charge in [0.2, 0.25) is 0 Å². The van der Waals surface area contributed by atoms with Gasteiger partial charge in [0.25, 0.3) is 5.91 Å². The first-order valence-corrected chi connectivity index (χ1v) is 11.6. The number of ketones is 1. The van der Waals surface area contributed by atoms with Crippen LogP contribution >= 0.6 is 12.4 Å². The average molecular weight is 538 g/mol. The molecule has 0 fully saturated rings. The summed E-state index contributed by atoms with van der Waals surface area (Å²) in [5, 5.41) is 6.04. The van der Waals surface area contributed by atoms with E-state index in [0.29, 0.717) is 41.7 Å². The number of pyridine rings is 1. The Hall–Kier alpha value is -4.44. The number of ether oxygens (including phenoxy) is 2. The van der Waals surface area contributed by atoms with Crippen molar-refractivity contribution in [3.8, 4) is 11.5 Å². The second-order valence-corrected chi connectivity index (χ2v) is 8.33. The van der Waals surface area contributed by atoms with Crippen molar-refractivity contribution in [1.29, 1.82) is 0 Å². The van der Waals surface area contributed by atoms with E-state index in [9.17, 15) is 14.0 Å². The van der Waals surface area contributed by atoms with Crippen molar-refractivity contribution in [2.75, 3.05) is 32.1 Å². The Morgan fingerprint density at radius 2 is 2.00 bits per heavy atom. The molecular formula is C27H25ClFN5O4. The van der Waals surface area contributed by atoms with Gasteiger partial charge in [-0.15, -0.1) is 12.4 Å². The van der Waals surface area contributed by atoms with Gasteiger partial charge in [-0.2, -0.15) is 0 Å². The van der Waals surface area contributed by atoms with Gasteiger partial charge in [-0.1, -0.05) is 12.1 Å². The average Bonchev–Trinajstić information content (AvgIpc) is 3.42. The summed E-state index contributed by atoms with van der Waals surface area (Å²) in [6.07, 6.45) is 4.64. The van der Waals surface area contributed by atoms with E-state index in [1.165, 1.54) is 31.5 Å². The number of allylic oxidation sites excluding steroid dienone is 1. The molecule has 11 heteroatoms. The maximum absolute atomic E-state index is 13.1. The predicted octanol–water partition coefficient (Wildman–Crippen LogP) is 3.56. The largest absolute Gasteiger partial charge is 0.491 e. The molecule has 2 aliphatic heterocycles. The quantitative estimate of drug-likeness (QED) is 0.334. The third-order valence-electron chi connectivity index (χ3n) is 5.93. The number of methoxy groups -OCH3 is 1. The zero-order valence-corrected chi connectivity index (χ0v) is 21.3. The summed E-state index contributed by atoms with van der Waals surface area (Å²) >= 11 is 0. The van der Waals surface area contributed by atoms with Crippen LogP contribution in [0.5, 0.6) is 11.5 Å². The minimum atomic E-state index is -0.342. The van der Waals surface area contributed by atoms with Crippen molar-refractivity contribution in [3.63, 3.8) is 0 Å². The van der Waals surface area contributed by atoms with Crippen molar-refractivity contribution in [2.45, 2.75) is 6.54 Å². The van der Waals surface area contributed by atoms with Crippen molar-refractivity contribution < 1.29 is 23.5 Å². The minimum absolute atomic E-state index is 0. The molecule has 5 rings (SSSR count). The van der Waals surface area contributed by atoms with Gasteiger partial charge < -0.3 is 25.0 Å². The monoisotopic (exact) mass is 537 g/mol. The first-order valence-electron chi connectivity index (χ1n) is 11.6. The van der Waals surface area contributed by atoms with Crippen LogP contribution < -0.4 is 20.1 Å². The molecule has 3 aromatic rings. The Labute approximate surface area is 224 Å². The van der Waals surface area contributed by atoms with E-state index in [-0.39, 0.29) is 43.1 Å². The number of hydrogen-bond acceptors (Lipinski definition) is 8. The maximum Gasteiger partial charge on any atom is 0.258 e. The number of nitrogens with one attached hydrogen (secondary N) is 2. The number of carbonyl (C=O) groups is 2. The number of aromatic nitrogens is 1. The van der Waals surface area contributed by atoms with E-state index in [1.54, 1.807) is 36.5 Å². The molecule has 0 unspecified atom stereocenters. The normalized spacial score (nSPS) is 14.4. The lowest BCUT2D eigenvalue weighted by atomic mass is 10.1. The molecule has 9 nitrogen and oxygen atoms in total. The third kappa shape index (κ3) is 5.60. The second kappa shape index (κ2) is 11.7. The number of fused-ring (bicyclic) bond motifs is 3. The summed E-state index contributed by atoms with van der Waals surface area (Å²) < 4.78 is 24.5. The molecule has 2 aliphatic rings. The molecule has 0 aliphatic carbocycles. The van der Waals surface area contributed by atoms with E-state index in [0.717, 1.165) is 17.0 Å². The SMILES string of the molecule is COc1c(OCC(=O)NCc2ccc(F)cc2)ccc2c1NC(=CC(=O)c1cccnc1)N1CCN=C21.Cl. The van der Waals surface area contributed by atoms with E-state index in [1.807, 2.05) is 11.0 Å². The van der Waals surface area contributed by atoms with E-state index < -0.39 is 0 Å². The highest BCUT2D eigenvalue weighted by molar-refractivity contribution is 6.11. The van der Waals surface area contributed by atoms with Crippen LogP contribution in [0, 0.1) is 5.82 Å². The lowest BCUT2D eigenvalue weighted by Gasteiger charge is -2.32. The topological polar surface area (TPSA) is 105 Å². The fourth-order valence-electron chi connectivity index (χ4n) is 4.13. The Bertz CT molecular complexity index is 1400. The van der Waals surface area contributed by atoms with E-state index in [4.69, 9.17) is 9.47 Å². The summed E-state index contributed by atoms with van der Waals surface area (Å²) in [5.41, 5.74) is 2.63. The zero-order valence-electron chi connectivity index (χ0n) is 20.4. The first kappa shape index (κ1) is 26.6. The van der Waals surface area contributed by atoms with Crippen LogP contribution in [0.1, 0.15) is 21.5 Å². The molecule has 0 spiro atoms. The summed E-state index contributed by atoms with van der Waals surface area (Å²) in [4.78, 5) is 35.8. The van der Waals surface area contributed by atoms with Crippen LogP contribution in [0.25, 0.3) is 0 Å². The van der Waals surface area contributed by atoms with Gasteiger partial charge in [0.15, 0.2) is 23.9 Å². The maximum atomic E-state index is 13.1. The summed E-state index contributed by atoms with van der Waals surface area (Å²) in [6.45, 7) is 1.22. The molecule has 1 amide bonds. The number of anilines is 1. The highest BCUT2D eigenvalue weighted by atomic mass is 35.5. The van der Waals surface area contributed by atoms with Gasteiger partial charge in [0, 0.05) is 42.7 Å². The molecule has 0 atom stereocenters. The third-order valence-corrected chi connectivity index (χ3v) is 5.93. The smallest absolute Gasteiger partial charge is 0.258 e. The predicted molar refractivity (Wildman–Crippen MR) is 142 cm³/mol. The Morgan fingerprint density at radius 3 is 2.74 bits per heavy atom. The molecule has 196 valence electrons. The molecule has 2 N–H and O–H groups in total. The van der Waals surface area contributed by atoms with Gasteiger partial charge in [0.1, 0.15) is 17.5 Å². The summed E-state index contributed by atoms with van der Waals surface area (Å²) in [7, 11) is 1.51. The molecule has 1 aromatic heterocycles. The lowest BCUT2D eigenvalue weighted by Crippen LogP contribution is -2.36. The second-order valence-electron chi connectivity index (χ2n) is 8.33. The van der Waals surface area contributed by atoms with Crippen LogP contribution in [0.3, 0.4) is 0 Å². The number of rotatable bonds is 8. The van der Waals surface area contributed by atoms with Crippen LogP contribution in [0.15, 0.2) is 77.8 Å². The Balaban J connectivity index is 0.00000336. The summed E-state index contributed by atoms with van der Waals surface area (Å²) in [5.74, 6) is 1.15. The molecule has 38 heavy (non-hydrogen) atoms.